The molecule has 2 unspecified atom stereocenters. The molecule has 0 saturated carbocycles. The third-order valence-electron chi connectivity index (χ3n) is 2.45. The largest absolute Gasteiger partial charge is 0.395 e. The second kappa shape index (κ2) is 7.34. The van der Waals surface area contributed by atoms with Crippen LogP contribution in [0.3, 0.4) is 0 Å². The summed E-state index contributed by atoms with van der Waals surface area (Å²) < 4.78 is 18.2. The van der Waals surface area contributed by atoms with Gasteiger partial charge in [-0.25, -0.2) is 4.39 Å². The number of methoxy groups -OCH3 is 1. The standard InChI is InChI=1S/C12H18FNO3/c1-17-8-9(7-15)14-6-12(16)10-4-2-3-5-11(10)13/h2-5,9,12,14-16H,6-8H2,1H3. The van der Waals surface area contributed by atoms with Gasteiger partial charge >= 0.3 is 0 Å². The molecule has 0 amide bonds. The number of hydrogen-bond donors (Lipinski definition) is 3. The average molecular weight is 243 g/mol. The fourth-order valence-corrected chi connectivity index (χ4v) is 1.51. The Labute approximate surface area is 100 Å². The van der Waals surface area contributed by atoms with Crippen molar-refractivity contribution in [2.75, 3.05) is 26.9 Å². The zero-order valence-electron chi connectivity index (χ0n) is 9.77. The Morgan fingerprint density at radius 1 is 1.41 bits per heavy atom. The van der Waals surface area contributed by atoms with Crippen LogP contribution in [0.4, 0.5) is 4.39 Å². The number of rotatable bonds is 7. The normalized spacial score (nSPS) is 14.6. The highest BCUT2D eigenvalue weighted by Crippen LogP contribution is 2.15. The summed E-state index contributed by atoms with van der Waals surface area (Å²) in [6.07, 6.45) is -0.942. The van der Waals surface area contributed by atoms with Crippen LogP contribution in [0.15, 0.2) is 24.3 Å². The third kappa shape index (κ3) is 4.40. The van der Waals surface area contributed by atoms with E-state index in [1.807, 2.05) is 0 Å². The average Bonchev–Trinajstić information content (AvgIpc) is 2.34. The van der Waals surface area contributed by atoms with E-state index in [0.29, 0.717) is 6.61 Å². The van der Waals surface area contributed by atoms with E-state index in [2.05, 4.69) is 5.32 Å². The van der Waals surface area contributed by atoms with Gasteiger partial charge in [-0.15, -0.1) is 0 Å². The summed E-state index contributed by atoms with van der Waals surface area (Å²) in [6.45, 7) is 0.397. The predicted octanol–water partition coefficient (Wildman–Crippen LogP) is 0.456. The molecule has 3 N–H and O–H groups in total. The van der Waals surface area contributed by atoms with Gasteiger partial charge in [0.05, 0.1) is 25.4 Å². The number of hydrogen-bond acceptors (Lipinski definition) is 4. The quantitative estimate of drug-likeness (QED) is 0.651. The smallest absolute Gasteiger partial charge is 0.129 e. The summed E-state index contributed by atoms with van der Waals surface area (Å²) in [5.41, 5.74) is 0.245. The van der Waals surface area contributed by atoms with Crippen LogP contribution in [0.1, 0.15) is 11.7 Å². The van der Waals surface area contributed by atoms with E-state index in [-0.39, 0.29) is 24.8 Å². The number of aliphatic hydroxyl groups excluding tert-OH is 2. The van der Waals surface area contributed by atoms with Crippen molar-refractivity contribution in [1.82, 2.24) is 5.32 Å². The Bertz CT molecular complexity index is 335. The van der Waals surface area contributed by atoms with Crippen LogP contribution in [0.2, 0.25) is 0 Å². The van der Waals surface area contributed by atoms with Crippen molar-refractivity contribution < 1.29 is 19.3 Å². The molecule has 1 aromatic carbocycles. The molecule has 0 radical (unpaired) electrons. The van der Waals surface area contributed by atoms with Gasteiger partial charge in [0.25, 0.3) is 0 Å². The van der Waals surface area contributed by atoms with Gasteiger partial charge in [-0.2, -0.15) is 0 Å². The van der Waals surface area contributed by atoms with Gasteiger partial charge in [-0.1, -0.05) is 18.2 Å². The molecule has 1 rings (SSSR count). The number of ether oxygens (including phenoxy) is 1. The summed E-state index contributed by atoms with van der Waals surface area (Å²) in [4.78, 5) is 0. The maximum Gasteiger partial charge on any atom is 0.129 e. The molecule has 0 aliphatic heterocycles. The Morgan fingerprint density at radius 3 is 2.71 bits per heavy atom. The fourth-order valence-electron chi connectivity index (χ4n) is 1.51. The van der Waals surface area contributed by atoms with E-state index in [1.165, 1.54) is 19.2 Å². The topological polar surface area (TPSA) is 61.7 Å². The minimum absolute atomic E-state index is 0.0994. The molecule has 5 heteroatoms. The number of halogens is 1. The zero-order valence-corrected chi connectivity index (χ0v) is 9.77. The summed E-state index contributed by atoms with van der Waals surface area (Å²) >= 11 is 0. The minimum atomic E-state index is -0.942. The first-order chi connectivity index (χ1) is 8.19. The highest BCUT2D eigenvalue weighted by atomic mass is 19.1. The van der Waals surface area contributed by atoms with Gasteiger partial charge in [0.2, 0.25) is 0 Å². The zero-order chi connectivity index (χ0) is 12.7. The highest BCUT2D eigenvalue weighted by molar-refractivity contribution is 5.19. The Kier molecular flexibility index (Phi) is 6.07. The minimum Gasteiger partial charge on any atom is -0.395 e. The van der Waals surface area contributed by atoms with E-state index in [9.17, 15) is 9.50 Å². The third-order valence-corrected chi connectivity index (χ3v) is 2.45. The van der Waals surface area contributed by atoms with Crippen LogP contribution in [0, 0.1) is 5.82 Å². The number of aliphatic hydroxyl groups is 2. The van der Waals surface area contributed by atoms with Crippen molar-refractivity contribution in [2.45, 2.75) is 12.1 Å². The molecule has 1 aromatic rings. The molecule has 0 bridgehead atoms. The van der Waals surface area contributed by atoms with Crippen LogP contribution in [0.25, 0.3) is 0 Å². The van der Waals surface area contributed by atoms with Gasteiger partial charge in [0.1, 0.15) is 5.82 Å². The molecular formula is C12H18FNO3. The predicted molar refractivity (Wildman–Crippen MR) is 62.1 cm³/mol. The molecule has 0 heterocycles. The van der Waals surface area contributed by atoms with Crippen molar-refractivity contribution in [2.24, 2.45) is 0 Å². The molecular weight excluding hydrogens is 225 g/mol. The molecule has 17 heavy (non-hydrogen) atoms. The van der Waals surface area contributed by atoms with Gasteiger partial charge in [0, 0.05) is 19.2 Å². The Balaban J connectivity index is 2.49. The molecule has 96 valence electrons. The lowest BCUT2D eigenvalue weighted by Crippen LogP contribution is -2.39. The van der Waals surface area contributed by atoms with Crippen LogP contribution in [0.5, 0.6) is 0 Å². The maximum absolute atomic E-state index is 13.3. The van der Waals surface area contributed by atoms with Gasteiger partial charge in [-0.05, 0) is 6.07 Å². The first-order valence-corrected chi connectivity index (χ1v) is 5.44. The summed E-state index contributed by atoms with van der Waals surface area (Å²) in [6, 6.07) is 5.81. The highest BCUT2D eigenvalue weighted by Gasteiger charge is 2.14. The molecule has 0 aliphatic rings. The lowest BCUT2D eigenvalue weighted by molar-refractivity contribution is 0.110. The lowest BCUT2D eigenvalue weighted by atomic mass is 10.1. The van der Waals surface area contributed by atoms with Crippen molar-refractivity contribution in [3.05, 3.63) is 35.6 Å². The number of benzene rings is 1. The van der Waals surface area contributed by atoms with Gasteiger partial charge < -0.3 is 20.3 Å². The SMILES string of the molecule is COCC(CO)NCC(O)c1ccccc1F. The van der Waals surface area contributed by atoms with E-state index < -0.39 is 11.9 Å². The van der Waals surface area contributed by atoms with Crippen molar-refractivity contribution in [3.63, 3.8) is 0 Å². The molecule has 4 nitrogen and oxygen atoms in total. The van der Waals surface area contributed by atoms with Crippen LogP contribution in [-0.4, -0.2) is 43.1 Å². The van der Waals surface area contributed by atoms with Crippen LogP contribution >= 0.6 is 0 Å². The second-order valence-corrected chi connectivity index (χ2v) is 3.78. The van der Waals surface area contributed by atoms with Crippen LogP contribution < -0.4 is 5.32 Å². The molecule has 0 spiro atoms. The van der Waals surface area contributed by atoms with Crippen molar-refractivity contribution in [3.8, 4) is 0 Å². The first kappa shape index (κ1) is 14.1. The van der Waals surface area contributed by atoms with E-state index in [0.717, 1.165) is 0 Å². The molecule has 0 fully saturated rings. The van der Waals surface area contributed by atoms with Gasteiger partial charge in [0.15, 0.2) is 0 Å². The Hall–Kier alpha value is -1.01. The fraction of sp³-hybridized carbons (Fsp3) is 0.500. The lowest BCUT2D eigenvalue weighted by Gasteiger charge is -2.18. The van der Waals surface area contributed by atoms with Crippen LogP contribution in [-0.2, 0) is 4.74 Å². The molecule has 0 saturated heterocycles. The van der Waals surface area contributed by atoms with Gasteiger partial charge in [-0.3, -0.25) is 0 Å². The van der Waals surface area contributed by atoms with Crippen molar-refractivity contribution >= 4 is 0 Å². The molecule has 0 aromatic heterocycles. The monoisotopic (exact) mass is 243 g/mol. The summed E-state index contributed by atoms with van der Waals surface area (Å²) in [5, 5.41) is 21.7. The second-order valence-electron chi connectivity index (χ2n) is 3.78. The Morgan fingerprint density at radius 2 is 2.12 bits per heavy atom. The first-order valence-electron chi connectivity index (χ1n) is 5.44. The summed E-state index contributed by atoms with van der Waals surface area (Å²) in [7, 11) is 1.53. The van der Waals surface area contributed by atoms with Crippen molar-refractivity contribution in [1.29, 1.82) is 0 Å². The number of nitrogens with one attached hydrogen (secondary N) is 1. The van der Waals surface area contributed by atoms with E-state index >= 15 is 0 Å². The van der Waals surface area contributed by atoms with E-state index in [1.54, 1.807) is 12.1 Å². The maximum atomic E-state index is 13.3. The summed E-state index contributed by atoms with van der Waals surface area (Å²) in [5.74, 6) is -0.436. The van der Waals surface area contributed by atoms with E-state index in [4.69, 9.17) is 9.84 Å². The molecule has 0 aliphatic carbocycles. The molecule has 2 atom stereocenters.